The van der Waals surface area contributed by atoms with Gasteiger partial charge in [0.1, 0.15) is 5.83 Å². The van der Waals surface area contributed by atoms with Crippen molar-refractivity contribution in [3.05, 3.63) is 53.9 Å². The number of ether oxygens (including phenoxy) is 3. The molecule has 0 radical (unpaired) electrons. The number of halogens is 2. The molecular formula is C30H44F2O3. The fourth-order valence-corrected chi connectivity index (χ4v) is 4.91. The Morgan fingerprint density at radius 2 is 1.51 bits per heavy atom. The Morgan fingerprint density at radius 1 is 0.886 bits per heavy atom. The summed E-state index contributed by atoms with van der Waals surface area (Å²) in [6, 6.07) is 9.07. The minimum Gasteiger partial charge on any atom is -0.362 e. The molecule has 0 saturated carbocycles. The molecule has 0 spiro atoms. The first-order valence-corrected chi connectivity index (χ1v) is 13.8. The van der Waals surface area contributed by atoms with Crippen molar-refractivity contribution in [1.29, 1.82) is 0 Å². The van der Waals surface area contributed by atoms with Gasteiger partial charge in [-0.15, -0.1) is 0 Å². The maximum absolute atomic E-state index is 15.9. The molecular weight excluding hydrogens is 446 g/mol. The van der Waals surface area contributed by atoms with Crippen LogP contribution in [0.3, 0.4) is 0 Å². The molecule has 2 aliphatic rings. The van der Waals surface area contributed by atoms with E-state index in [1.165, 1.54) is 32.1 Å². The first-order valence-electron chi connectivity index (χ1n) is 13.8. The van der Waals surface area contributed by atoms with Gasteiger partial charge in [0.15, 0.2) is 18.1 Å². The Bertz CT molecular complexity index is 786. The molecule has 1 heterocycles. The van der Waals surface area contributed by atoms with Gasteiger partial charge in [-0.25, -0.2) is 8.78 Å². The topological polar surface area (TPSA) is 27.7 Å². The number of rotatable bonds is 15. The fraction of sp³-hybridized carbons (Fsp3) is 0.667. The summed E-state index contributed by atoms with van der Waals surface area (Å²) in [6.07, 6.45) is 12.7. The van der Waals surface area contributed by atoms with Gasteiger partial charge in [-0.3, -0.25) is 0 Å². The van der Waals surface area contributed by atoms with Gasteiger partial charge in [-0.05, 0) is 24.5 Å². The highest BCUT2D eigenvalue weighted by molar-refractivity contribution is 5.78. The summed E-state index contributed by atoms with van der Waals surface area (Å²) in [5.74, 6) is -0.542. The highest BCUT2D eigenvalue weighted by Gasteiger charge is 2.53. The van der Waals surface area contributed by atoms with E-state index in [9.17, 15) is 0 Å². The van der Waals surface area contributed by atoms with Crippen LogP contribution in [0, 0.1) is 5.92 Å². The van der Waals surface area contributed by atoms with Crippen LogP contribution in [0.5, 0.6) is 0 Å². The van der Waals surface area contributed by atoms with E-state index >= 15 is 8.78 Å². The lowest BCUT2D eigenvalue weighted by atomic mass is 9.85. The molecule has 3 nitrogen and oxygen atoms in total. The van der Waals surface area contributed by atoms with Crippen LogP contribution in [0.15, 0.2) is 48.3 Å². The zero-order chi connectivity index (χ0) is 24.9. The Labute approximate surface area is 210 Å². The van der Waals surface area contributed by atoms with E-state index < -0.39 is 23.9 Å². The second-order valence-corrected chi connectivity index (χ2v) is 10.0. The number of unbranched alkanes of at least 4 members (excludes halogenated alkanes) is 8. The second-order valence-electron chi connectivity index (χ2n) is 10.0. The third-order valence-electron chi connectivity index (χ3n) is 7.12. The minimum atomic E-state index is -1.99. The summed E-state index contributed by atoms with van der Waals surface area (Å²) < 4.78 is 49.6. The Hall–Kier alpha value is -1.56. The summed E-state index contributed by atoms with van der Waals surface area (Å²) in [4.78, 5) is 0. The molecule has 1 fully saturated rings. The maximum Gasteiger partial charge on any atom is 0.193 e. The minimum absolute atomic E-state index is 0.251. The lowest BCUT2D eigenvalue weighted by Crippen LogP contribution is -2.57. The summed E-state index contributed by atoms with van der Waals surface area (Å²) in [5.41, 5.74) is -0.716. The largest absolute Gasteiger partial charge is 0.362 e. The summed E-state index contributed by atoms with van der Waals surface area (Å²) in [6.45, 7) is 5.69. The van der Waals surface area contributed by atoms with E-state index in [0.717, 1.165) is 38.5 Å². The Kier molecular flexibility index (Phi) is 11.9. The quantitative estimate of drug-likeness (QED) is 0.231. The van der Waals surface area contributed by atoms with Gasteiger partial charge in [0, 0.05) is 18.1 Å². The zero-order valence-electron chi connectivity index (χ0n) is 21.7. The smallest absolute Gasteiger partial charge is 0.193 e. The highest BCUT2D eigenvalue weighted by Crippen LogP contribution is 2.42. The second kappa shape index (κ2) is 14.9. The van der Waals surface area contributed by atoms with E-state index in [4.69, 9.17) is 14.2 Å². The predicted octanol–water partition coefficient (Wildman–Crippen LogP) is 8.35. The highest BCUT2D eigenvalue weighted by atomic mass is 19.2. The average Bonchev–Trinajstić information content (AvgIpc) is 2.89. The standard InChI is InChI=1S/C30H44F2O3/c1-3-5-7-8-9-10-15-21-35-30(29-33-22-24(23-34-29)16-12-6-4-2)20-19-26(27(31)28(30)32)25-17-13-11-14-18-25/h11,13-14,17-20,24,28-29H,3-10,12,15-16,21-23H2,1-2H3. The number of benzene rings is 1. The SMILES string of the molecule is CCCCCCCCCOC1(C2OCC(CCCCC)CO2)C=CC(c2ccccc2)=C(F)C1F. The van der Waals surface area contributed by atoms with Crippen molar-refractivity contribution in [3.8, 4) is 0 Å². The Balaban J connectivity index is 1.66. The number of hydrogen-bond donors (Lipinski definition) is 0. The number of alkyl halides is 1. The van der Waals surface area contributed by atoms with Crippen LogP contribution in [0.2, 0.25) is 0 Å². The monoisotopic (exact) mass is 490 g/mol. The zero-order valence-corrected chi connectivity index (χ0v) is 21.7. The number of allylic oxidation sites excluding steroid dienone is 2. The van der Waals surface area contributed by atoms with Gasteiger partial charge >= 0.3 is 0 Å². The molecule has 0 bridgehead atoms. The van der Waals surface area contributed by atoms with E-state index in [2.05, 4.69) is 13.8 Å². The number of hydrogen-bond acceptors (Lipinski definition) is 3. The van der Waals surface area contributed by atoms with Crippen LogP contribution < -0.4 is 0 Å². The van der Waals surface area contributed by atoms with E-state index in [0.29, 0.717) is 25.4 Å². The van der Waals surface area contributed by atoms with Crippen LogP contribution in [-0.2, 0) is 14.2 Å². The van der Waals surface area contributed by atoms with Gasteiger partial charge in [0.2, 0.25) is 0 Å². The first kappa shape index (κ1) is 28.0. The average molecular weight is 491 g/mol. The third-order valence-corrected chi connectivity index (χ3v) is 7.12. The lowest BCUT2D eigenvalue weighted by Gasteiger charge is -2.44. The normalized spacial score (nSPS) is 26.9. The molecule has 2 atom stereocenters. The molecule has 1 aromatic carbocycles. The van der Waals surface area contributed by atoms with Gasteiger partial charge < -0.3 is 14.2 Å². The van der Waals surface area contributed by atoms with E-state index in [-0.39, 0.29) is 11.5 Å². The van der Waals surface area contributed by atoms with E-state index in [1.54, 1.807) is 24.3 Å². The molecule has 1 aliphatic carbocycles. The predicted molar refractivity (Wildman–Crippen MR) is 139 cm³/mol. The molecule has 1 aliphatic heterocycles. The molecule has 0 N–H and O–H groups in total. The van der Waals surface area contributed by atoms with Crippen molar-refractivity contribution in [2.75, 3.05) is 19.8 Å². The third kappa shape index (κ3) is 7.71. The summed E-state index contributed by atoms with van der Waals surface area (Å²) >= 11 is 0. The lowest BCUT2D eigenvalue weighted by molar-refractivity contribution is -0.285. The molecule has 0 amide bonds. The Morgan fingerprint density at radius 3 is 2.20 bits per heavy atom. The van der Waals surface area contributed by atoms with Crippen LogP contribution in [0.1, 0.15) is 90.0 Å². The van der Waals surface area contributed by atoms with Crippen LogP contribution in [0.4, 0.5) is 8.78 Å². The van der Waals surface area contributed by atoms with Gasteiger partial charge in [-0.2, -0.15) is 0 Å². The van der Waals surface area contributed by atoms with Crippen molar-refractivity contribution >= 4 is 5.57 Å². The van der Waals surface area contributed by atoms with Crippen molar-refractivity contribution in [2.45, 2.75) is 103 Å². The van der Waals surface area contributed by atoms with Crippen molar-refractivity contribution in [1.82, 2.24) is 0 Å². The van der Waals surface area contributed by atoms with Gasteiger partial charge in [0.05, 0.1) is 13.2 Å². The van der Waals surface area contributed by atoms with Crippen LogP contribution >= 0.6 is 0 Å². The van der Waals surface area contributed by atoms with Crippen molar-refractivity contribution in [2.24, 2.45) is 5.92 Å². The molecule has 0 aromatic heterocycles. The summed E-state index contributed by atoms with van der Waals surface area (Å²) in [7, 11) is 0. The molecule has 2 unspecified atom stereocenters. The molecule has 1 saturated heterocycles. The fourth-order valence-electron chi connectivity index (χ4n) is 4.91. The molecule has 1 aromatic rings. The van der Waals surface area contributed by atoms with Crippen molar-refractivity contribution < 1.29 is 23.0 Å². The molecule has 3 rings (SSSR count). The molecule has 35 heavy (non-hydrogen) atoms. The van der Waals surface area contributed by atoms with Crippen molar-refractivity contribution in [3.63, 3.8) is 0 Å². The maximum atomic E-state index is 15.9. The van der Waals surface area contributed by atoms with Gasteiger partial charge in [0.25, 0.3) is 0 Å². The van der Waals surface area contributed by atoms with Crippen LogP contribution in [0.25, 0.3) is 5.57 Å². The molecule has 196 valence electrons. The van der Waals surface area contributed by atoms with E-state index in [1.807, 2.05) is 18.2 Å². The first-order chi connectivity index (χ1) is 17.1. The molecule has 5 heteroatoms. The van der Waals surface area contributed by atoms with Crippen LogP contribution in [-0.4, -0.2) is 37.9 Å². The summed E-state index contributed by atoms with van der Waals surface area (Å²) in [5, 5.41) is 0. The van der Waals surface area contributed by atoms with Gasteiger partial charge in [-0.1, -0.05) is 108 Å².